The number of carboxylic acids is 1. The molecule has 1 N–H and O–H groups in total. The number of carbonyl (C=O) groups excluding carboxylic acids is 1. The summed E-state index contributed by atoms with van der Waals surface area (Å²) in [5.41, 5.74) is 1.61. The van der Waals surface area contributed by atoms with Gasteiger partial charge in [0.05, 0.1) is 16.3 Å². The molecule has 1 aliphatic heterocycles. The van der Waals surface area contributed by atoms with E-state index in [0.717, 1.165) is 44.2 Å². The Morgan fingerprint density at radius 2 is 1.67 bits per heavy atom. The lowest BCUT2D eigenvalue weighted by molar-refractivity contribution is 0.0691. The number of benzene rings is 3. The molecule has 2 aliphatic rings. The van der Waals surface area contributed by atoms with Gasteiger partial charge >= 0.3 is 5.97 Å². The third-order valence-corrected chi connectivity index (χ3v) is 10.6. The van der Waals surface area contributed by atoms with Crippen molar-refractivity contribution in [2.24, 2.45) is 5.92 Å². The van der Waals surface area contributed by atoms with Gasteiger partial charge in [-0.1, -0.05) is 36.9 Å². The van der Waals surface area contributed by atoms with E-state index in [-0.39, 0.29) is 38.9 Å². The second kappa shape index (κ2) is 11.7. The average molecular weight is 614 g/mol. The van der Waals surface area contributed by atoms with Crippen molar-refractivity contribution in [2.75, 3.05) is 32.6 Å². The summed E-state index contributed by atoms with van der Waals surface area (Å²) in [6, 6.07) is 13.3. The van der Waals surface area contributed by atoms with E-state index in [2.05, 4.69) is 0 Å². The summed E-state index contributed by atoms with van der Waals surface area (Å²) in [5.74, 6) is -2.32. The van der Waals surface area contributed by atoms with Crippen molar-refractivity contribution < 1.29 is 27.5 Å². The quantitative estimate of drug-likeness (QED) is 0.364. The number of amides is 1. The first-order chi connectivity index (χ1) is 19.9. The predicted octanol–water partition coefficient (Wildman–Crippen LogP) is 6.27. The molecule has 0 saturated heterocycles. The molecular weight excluding hydrogens is 581 g/mol. The lowest BCUT2D eigenvalue weighted by Gasteiger charge is -2.37. The molecule has 0 unspecified atom stereocenters. The van der Waals surface area contributed by atoms with Crippen LogP contribution in [0.2, 0.25) is 5.02 Å². The molecule has 0 aromatic heterocycles. The summed E-state index contributed by atoms with van der Waals surface area (Å²) in [6.07, 6.45) is 5.04. The second-order valence-electron chi connectivity index (χ2n) is 11.1. The van der Waals surface area contributed by atoms with Crippen molar-refractivity contribution in [3.05, 3.63) is 76.6 Å². The number of carbonyl (C=O) groups is 2. The summed E-state index contributed by atoms with van der Waals surface area (Å²) >= 11 is 6.76. The molecule has 11 heteroatoms. The van der Waals surface area contributed by atoms with Crippen molar-refractivity contribution in [3.63, 3.8) is 0 Å². The summed E-state index contributed by atoms with van der Waals surface area (Å²) in [5, 5.41) is 9.64. The van der Waals surface area contributed by atoms with Crippen molar-refractivity contribution in [1.82, 2.24) is 9.21 Å². The fourth-order valence-corrected chi connectivity index (χ4v) is 7.90. The van der Waals surface area contributed by atoms with Crippen LogP contribution in [0.15, 0.2) is 59.5 Å². The predicted molar refractivity (Wildman–Crippen MR) is 161 cm³/mol. The molecular formula is C31H33ClFN3O5S. The van der Waals surface area contributed by atoms with Crippen LogP contribution in [0.25, 0.3) is 11.1 Å². The highest BCUT2D eigenvalue weighted by molar-refractivity contribution is 7.89. The van der Waals surface area contributed by atoms with Gasteiger partial charge in [0.15, 0.2) is 0 Å². The Morgan fingerprint density at radius 1 is 1.00 bits per heavy atom. The number of hydrogen-bond donors (Lipinski definition) is 1. The number of rotatable bonds is 5. The molecule has 1 aliphatic carbocycles. The molecule has 3 aromatic carbocycles. The number of sulfonamides is 1. The Hall–Kier alpha value is -3.47. The Balaban J connectivity index is 1.69. The number of nitrogens with zero attached hydrogens (tertiary/aromatic N) is 3. The fraction of sp³-hybridized carbons (Fsp3) is 0.355. The van der Waals surface area contributed by atoms with Gasteiger partial charge in [-0.25, -0.2) is 17.6 Å². The van der Waals surface area contributed by atoms with E-state index in [9.17, 15) is 27.5 Å². The van der Waals surface area contributed by atoms with Gasteiger partial charge in [0.1, 0.15) is 10.7 Å². The van der Waals surface area contributed by atoms with Crippen LogP contribution in [0.3, 0.4) is 0 Å². The van der Waals surface area contributed by atoms with Crippen LogP contribution in [-0.4, -0.2) is 68.3 Å². The standard InChI is InChI=1S/C31H33ClFN3O5S/c1-34(2)30(37)20-9-12-22(13-10-20)36-18-28(19-7-5-4-6-8-19)35(3)42(40,41)29-16-23(25(32)17-27(29)36)21-11-14-26(33)24(15-21)31(38)39/h9-17,19,28H,4-8,18H2,1-3H3,(H,38,39)/t28-/m0/s1. The van der Waals surface area contributed by atoms with Crippen molar-refractivity contribution in [2.45, 2.75) is 43.0 Å². The molecule has 0 radical (unpaired) electrons. The minimum Gasteiger partial charge on any atom is -0.478 e. The molecule has 3 aromatic rings. The van der Waals surface area contributed by atoms with Gasteiger partial charge in [-0.2, -0.15) is 4.31 Å². The minimum absolute atomic E-state index is 0.0114. The van der Waals surface area contributed by atoms with Crippen LogP contribution in [0.4, 0.5) is 15.8 Å². The maximum Gasteiger partial charge on any atom is 0.338 e. The number of aromatic carboxylic acids is 1. The maximum absolute atomic E-state index is 14.2. The Bertz CT molecular complexity index is 1640. The van der Waals surface area contributed by atoms with Crippen LogP contribution < -0.4 is 4.90 Å². The SMILES string of the molecule is CN(C)C(=O)c1ccc(N2C[C@@H](C3CCCCC3)N(C)S(=O)(=O)c3cc(-c4ccc(F)c(C(=O)O)c4)c(Cl)cc32)cc1. The third kappa shape index (κ3) is 5.50. The van der Waals surface area contributed by atoms with E-state index >= 15 is 0 Å². The van der Waals surface area contributed by atoms with E-state index in [1.807, 2.05) is 4.90 Å². The van der Waals surface area contributed by atoms with E-state index in [1.54, 1.807) is 51.5 Å². The molecule has 1 heterocycles. The first-order valence-corrected chi connectivity index (χ1v) is 15.7. The molecule has 0 bridgehead atoms. The van der Waals surface area contributed by atoms with E-state index in [1.165, 1.54) is 21.3 Å². The van der Waals surface area contributed by atoms with Gasteiger partial charge in [0.25, 0.3) is 5.91 Å². The van der Waals surface area contributed by atoms with E-state index < -0.39 is 27.4 Å². The normalized spacial score (nSPS) is 19.2. The van der Waals surface area contributed by atoms with Crippen molar-refractivity contribution >= 4 is 44.9 Å². The zero-order chi connectivity index (χ0) is 30.3. The van der Waals surface area contributed by atoms with E-state index in [0.29, 0.717) is 23.5 Å². The first-order valence-electron chi connectivity index (χ1n) is 13.8. The van der Waals surface area contributed by atoms with Gasteiger partial charge < -0.3 is 14.9 Å². The molecule has 1 fully saturated rings. The van der Waals surface area contributed by atoms with Crippen LogP contribution in [0.5, 0.6) is 0 Å². The molecule has 42 heavy (non-hydrogen) atoms. The van der Waals surface area contributed by atoms with Crippen molar-refractivity contribution in [3.8, 4) is 11.1 Å². The number of fused-ring (bicyclic) bond motifs is 1. The van der Waals surface area contributed by atoms with Gasteiger partial charge in [-0.15, -0.1) is 0 Å². The summed E-state index contributed by atoms with van der Waals surface area (Å²) in [6.45, 7) is 0.379. The number of halogens is 2. The van der Waals surface area contributed by atoms with Gasteiger partial charge in [0.2, 0.25) is 10.0 Å². The first kappa shape index (κ1) is 30.0. The van der Waals surface area contributed by atoms with Crippen LogP contribution in [0.1, 0.15) is 52.8 Å². The molecule has 1 saturated carbocycles. The largest absolute Gasteiger partial charge is 0.478 e. The zero-order valence-electron chi connectivity index (χ0n) is 23.7. The van der Waals surface area contributed by atoms with E-state index in [4.69, 9.17) is 11.6 Å². The topological polar surface area (TPSA) is 98.2 Å². The average Bonchev–Trinajstić information content (AvgIpc) is 3.05. The fourth-order valence-electron chi connectivity index (χ4n) is 6.02. The number of anilines is 2. The molecule has 0 spiro atoms. The monoisotopic (exact) mass is 613 g/mol. The summed E-state index contributed by atoms with van der Waals surface area (Å²) < 4.78 is 44.1. The number of hydrogen-bond acceptors (Lipinski definition) is 5. The molecule has 222 valence electrons. The smallest absolute Gasteiger partial charge is 0.338 e. The molecule has 1 atom stereocenters. The third-order valence-electron chi connectivity index (χ3n) is 8.37. The maximum atomic E-state index is 14.2. The summed E-state index contributed by atoms with van der Waals surface area (Å²) in [4.78, 5) is 27.6. The Morgan fingerprint density at radius 3 is 2.29 bits per heavy atom. The van der Waals surface area contributed by atoms with Gasteiger partial charge in [0, 0.05) is 50.5 Å². The second-order valence-corrected chi connectivity index (χ2v) is 13.5. The van der Waals surface area contributed by atoms with Crippen molar-refractivity contribution in [1.29, 1.82) is 0 Å². The highest BCUT2D eigenvalue weighted by Gasteiger charge is 2.41. The highest BCUT2D eigenvalue weighted by atomic mass is 35.5. The minimum atomic E-state index is -4.03. The summed E-state index contributed by atoms with van der Waals surface area (Å²) in [7, 11) is 0.932. The highest BCUT2D eigenvalue weighted by Crippen LogP contribution is 2.44. The van der Waals surface area contributed by atoms with Crippen LogP contribution >= 0.6 is 11.6 Å². The molecule has 1 amide bonds. The van der Waals surface area contributed by atoms with Crippen LogP contribution in [-0.2, 0) is 10.0 Å². The lowest BCUT2D eigenvalue weighted by Crippen LogP contribution is -2.46. The lowest BCUT2D eigenvalue weighted by atomic mass is 9.83. The Kier molecular flexibility index (Phi) is 8.33. The number of likely N-dealkylation sites (N-methyl/N-ethyl adjacent to an activating group) is 1. The van der Waals surface area contributed by atoms with Crippen LogP contribution in [0, 0.1) is 11.7 Å². The Labute approximate surface area is 250 Å². The molecule has 5 rings (SSSR count). The zero-order valence-corrected chi connectivity index (χ0v) is 25.3. The van der Waals surface area contributed by atoms with Gasteiger partial charge in [-0.3, -0.25) is 4.79 Å². The molecule has 8 nitrogen and oxygen atoms in total. The van der Waals surface area contributed by atoms with Gasteiger partial charge in [-0.05, 0) is 72.9 Å². The number of carboxylic acid groups (broad SMARTS) is 1.